The van der Waals surface area contributed by atoms with Crippen LogP contribution < -0.4 is 10.6 Å². The third-order valence-electron chi connectivity index (χ3n) is 3.62. The van der Waals surface area contributed by atoms with Crippen molar-refractivity contribution in [3.05, 3.63) is 29.8 Å². The molecule has 2 amide bonds. The molecule has 2 rings (SSSR count). The van der Waals surface area contributed by atoms with Crippen LogP contribution in [0.15, 0.2) is 24.3 Å². The van der Waals surface area contributed by atoms with Gasteiger partial charge in [-0.2, -0.15) is 13.2 Å². The zero-order valence-corrected chi connectivity index (χ0v) is 12.4. The summed E-state index contributed by atoms with van der Waals surface area (Å²) in [5, 5.41) is 23.4. The molecule has 0 radical (unpaired) electrons. The number of hydrogen-bond acceptors (Lipinski definition) is 5. The first-order valence-electron chi connectivity index (χ1n) is 6.94. The lowest BCUT2D eigenvalue weighted by Gasteiger charge is -2.44. The highest BCUT2D eigenvalue weighted by Crippen LogP contribution is 2.44. The van der Waals surface area contributed by atoms with Gasteiger partial charge in [0.05, 0.1) is 12.6 Å². The Labute approximate surface area is 134 Å². The summed E-state index contributed by atoms with van der Waals surface area (Å²) in [5.41, 5.74) is -4.01. The lowest BCUT2D eigenvalue weighted by Crippen LogP contribution is -2.73. The molecule has 1 aromatic rings. The number of carbonyl (C=O) groups is 2. The molecule has 0 spiro atoms. The summed E-state index contributed by atoms with van der Waals surface area (Å²) in [4.78, 5) is 23.7. The number of para-hydroxylation sites is 1. The normalized spacial score (nSPS) is 27.1. The van der Waals surface area contributed by atoms with Gasteiger partial charge in [-0.3, -0.25) is 4.79 Å². The van der Waals surface area contributed by atoms with E-state index in [0.29, 0.717) is 0 Å². The van der Waals surface area contributed by atoms with Crippen LogP contribution >= 0.6 is 0 Å². The molecule has 10 heteroatoms. The predicted molar refractivity (Wildman–Crippen MR) is 73.6 cm³/mol. The standard InChI is InChI=1S/C14H15F3N2O5/c1-2-24-11(21)9-10(7-5-3-4-6-8(7)20)18-12(22)19-13(9,23)14(15,16)17/h3-6,9-10,20,23H,2H2,1H3,(H2,18,19,22)/t9-,10+,13-/m0/s1. The molecule has 132 valence electrons. The maximum absolute atomic E-state index is 13.4. The van der Waals surface area contributed by atoms with Crippen LogP contribution in [0.2, 0.25) is 0 Å². The summed E-state index contributed by atoms with van der Waals surface area (Å²) >= 11 is 0. The molecule has 0 saturated carbocycles. The fourth-order valence-electron chi connectivity index (χ4n) is 2.55. The van der Waals surface area contributed by atoms with Gasteiger partial charge < -0.3 is 25.6 Å². The second-order valence-corrected chi connectivity index (χ2v) is 5.13. The topological polar surface area (TPSA) is 108 Å². The van der Waals surface area contributed by atoms with Gasteiger partial charge in [0.15, 0.2) is 0 Å². The minimum atomic E-state index is -5.36. The van der Waals surface area contributed by atoms with E-state index in [4.69, 9.17) is 0 Å². The summed E-state index contributed by atoms with van der Waals surface area (Å²) in [7, 11) is 0. The Hall–Kier alpha value is -2.49. The highest BCUT2D eigenvalue weighted by atomic mass is 19.4. The van der Waals surface area contributed by atoms with E-state index in [9.17, 15) is 33.0 Å². The van der Waals surface area contributed by atoms with Crippen LogP contribution in [-0.4, -0.2) is 40.7 Å². The van der Waals surface area contributed by atoms with Crippen molar-refractivity contribution >= 4 is 12.0 Å². The molecule has 0 bridgehead atoms. The Morgan fingerprint density at radius 3 is 2.54 bits per heavy atom. The molecule has 1 aromatic carbocycles. The maximum Gasteiger partial charge on any atom is 0.437 e. The van der Waals surface area contributed by atoms with E-state index in [1.807, 2.05) is 0 Å². The van der Waals surface area contributed by atoms with Crippen molar-refractivity contribution in [3.8, 4) is 5.75 Å². The molecule has 1 aliphatic rings. The molecule has 3 atom stereocenters. The number of hydrogen-bond donors (Lipinski definition) is 4. The molecule has 1 aliphatic heterocycles. The Kier molecular flexibility index (Phi) is 4.61. The number of phenols is 1. The number of alkyl halides is 3. The van der Waals surface area contributed by atoms with Crippen LogP contribution in [-0.2, 0) is 9.53 Å². The van der Waals surface area contributed by atoms with Crippen LogP contribution in [0.25, 0.3) is 0 Å². The Morgan fingerprint density at radius 1 is 1.38 bits per heavy atom. The first-order valence-corrected chi connectivity index (χ1v) is 6.94. The van der Waals surface area contributed by atoms with Crippen molar-refractivity contribution < 1.29 is 37.7 Å². The van der Waals surface area contributed by atoms with Gasteiger partial charge in [0, 0.05) is 5.56 Å². The largest absolute Gasteiger partial charge is 0.508 e. The molecule has 1 heterocycles. The quantitative estimate of drug-likeness (QED) is 0.614. The number of aliphatic hydroxyl groups is 1. The zero-order chi connectivity index (χ0) is 18.1. The van der Waals surface area contributed by atoms with Crippen molar-refractivity contribution in [1.29, 1.82) is 0 Å². The Morgan fingerprint density at radius 2 is 2.00 bits per heavy atom. The fourth-order valence-corrected chi connectivity index (χ4v) is 2.55. The van der Waals surface area contributed by atoms with Crippen LogP contribution in [0, 0.1) is 5.92 Å². The van der Waals surface area contributed by atoms with Crippen LogP contribution in [0.5, 0.6) is 5.75 Å². The summed E-state index contributed by atoms with van der Waals surface area (Å²) in [6.07, 6.45) is -5.36. The van der Waals surface area contributed by atoms with E-state index < -0.39 is 41.6 Å². The molecular formula is C14H15F3N2O5. The molecule has 1 saturated heterocycles. The predicted octanol–water partition coefficient (Wildman–Crippen LogP) is 1.18. The van der Waals surface area contributed by atoms with Gasteiger partial charge in [-0.1, -0.05) is 18.2 Å². The number of rotatable bonds is 3. The van der Waals surface area contributed by atoms with Crippen molar-refractivity contribution in [2.24, 2.45) is 5.92 Å². The number of esters is 1. The van der Waals surface area contributed by atoms with Gasteiger partial charge in [-0.05, 0) is 13.0 Å². The zero-order valence-electron chi connectivity index (χ0n) is 12.4. The van der Waals surface area contributed by atoms with Gasteiger partial charge in [0.25, 0.3) is 5.72 Å². The van der Waals surface area contributed by atoms with Gasteiger partial charge in [0.2, 0.25) is 0 Å². The monoisotopic (exact) mass is 348 g/mol. The van der Waals surface area contributed by atoms with Crippen molar-refractivity contribution in [2.75, 3.05) is 6.61 Å². The highest BCUT2D eigenvalue weighted by Gasteiger charge is 2.67. The fraction of sp³-hybridized carbons (Fsp3) is 0.429. The van der Waals surface area contributed by atoms with Crippen molar-refractivity contribution in [3.63, 3.8) is 0 Å². The second-order valence-electron chi connectivity index (χ2n) is 5.13. The number of aromatic hydroxyl groups is 1. The first kappa shape index (κ1) is 17.9. The van der Waals surface area contributed by atoms with E-state index in [2.05, 4.69) is 10.1 Å². The molecule has 24 heavy (non-hydrogen) atoms. The number of amides is 2. The van der Waals surface area contributed by atoms with Crippen molar-refractivity contribution in [1.82, 2.24) is 10.6 Å². The van der Waals surface area contributed by atoms with Gasteiger partial charge in [-0.25, -0.2) is 4.79 Å². The van der Waals surface area contributed by atoms with Gasteiger partial charge in [0.1, 0.15) is 11.7 Å². The van der Waals surface area contributed by atoms with E-state index in [1.165, 1.54) is 36.5 Å². The number of phenolic OH excluding ortho intramolecular Hbond substituents is 1. The van der Waals surface area contributed by atoms with Crippen LogP contribution in [0.4, 0.5) is 18.0 Å². The van der Waals surface area contributed by atoms with Crippen LogP contribution in [0.1, 0.15) is 18.5 Å². The number of urea groups is 1. The van der Waals surface area contributed by atoms with E-state index in [0.717, 1.165) is 0 Å². The lowest BCUT2D eigenvalue weighted by molar-refractivity contribution is -0.294. The minimum Gasteiger partial charge on any atom is -0.508 e. The maximum atomic E-state index is 13.4. The first-order chi connectivity index (χ1) is 11.1. The number of halogens is 3. The summed E-state index contributed by atoms with van der Waals surface area (Å²) < 4.78 is 44.8. The highest BCUT2D eigenvalue weighted by molar-refractivity contribution is 5.83. The SMILES string of the molecule is CCOC(=O)[C@@H]1[C@@H](c2ccccc2O)NC(=O)N[C@@]1(O)C(F)(F)F. The smallest absolute Gasteiger partial charge is 0.437 e. The number of nitrogens with one attached hydrogen (secondary N) is 2. The third kappa shape index (κ3) is 2.96. The van der Waals surface area contributed by atoms with Crippen LogP contribution in [0.3, 0.4) is 0 Å². The summed E-state index contributed by atoms with van der Waals surface area (Å²) in [6, 6.07) is 2.23. The number of benzene rings is 1. The molecule has 7 nitrogen and oxygen atoms in total. The Balaban J connectivity index is 2.60. The molecule has 0 aromatic heterocycles. The molecule has 4 N–H and O–H groups in total. The van der Waals surface area contributed by atoms with Crippen molar-refractivity contribution in [2.45, 2.75) is 24.9 Å². The molecule has 1 fully saturated rings. The Bertz CT molecular complexity index is 652. The number of carbonyl (C=O) groups excluding carboxylic acids is 2. The molecule has 0 aliphatic carbocycles. The minimum absolute atomic E-state index is 0.159. The average Bonchev–Trinajstić information content (AvgIpc) is 2.45. The molecule has 0 unspecified atom stereocenters. The third-order valence-corrected chi connectivity index (χ3v) is 3.62. The summed E-state index contributed by atoms with van der Waals surface area (Å²) in [5.74, 6) is -4.08. The number of ether oxygens (including phenoxy) is 1. The lowest BCUT2D eigenvalue weighted by atomic mass is 9.81. The van der Waals surface area contributed by atoms with E-state index >= 15 is 0 Å². The summed E-state index contributed by atoms with van der Waals surface area (Å²) in [6.45, 7) is 1.15. The average molecular weight is 348 g/mol. The second kappa shape index (κ2) is 6.19. The van der Waals surface area contributed by atoms with E-state index in [1.54, 1.807) is 0 Å². The van der Waals surface area contributed by atoms with E-state index in [-0.39, 0.29) is 12.2 Å². The van der Waals surface area contributed by atoms with Gasteiger partial charge in [-0.15, -0.1) is 0 Å². The van der Waals surface area contributed by atoms with Gasteiger partial charge >= 0.3 is 18.2 Å². The molecular weight excluding hydrogens is 333 g/mol.